The molecular weight excluding hydrogens is 684 g/mol. The van der Waals surface area contributed by atoms with E-state index in [0.29, 0.717) is 145 Å². The van der Waals surface area contributed by atoms with Gasteiger partial charge >= 0.3 is 6.16 Å². The van der Waals surface area contributed by atoms with Crippen LogP contribution in [-0.4, -0.2) is 170 Å². The number of carbonyl (C=O) groups excluding carboxylic acids is 1. The fourth-order valence-electron chi connectivity index (χ4n) is 3.40. The van der Waals surface area contributed by atoms with Gasteiger partial charge in [-0.1, -0.05) is 5.11 Å². The number of hydrogen-bond acceptors (Lipinski definition) is 17. The molecule has 0 fully saturated rings. The van der Waals surface area contributed by atoms with Crippen LogP contribution in [0.1, 0.15) is 0 Å². The molecule has 0 unspecified atom stereocenters. The minimum absolute atomic E-state index is 0.0125. The molecular formula is C31H52N4O16. The highest BCUT2D eigenvalue weighted by Gasteiger charge is 2.09. The summed E-state index contributed by atoms with van der Waals surface area (Å²) in [6, 6.07) is 5.06. The van der Waals surface area contributed by atoms with E-state index in [1.165, 1.54) is 24.3 Å². The Hall–Kier alpha value is -3.24. The number of nitro groups is 1. The smallest absolute Gasteiger partial charge is 0.432 e. The van der Waals surface area contributed by atoms with E-state index in [1.807, 2.05) is 0 Å². The normalized spacial score (nSPS) is 11.0. The van der Waals surface area contributed by atoms with Gasteiger partial charge in [0.15, 0.2) is 0 Å². The summed E-state index contributed by atoms with van der Waals surface area (Å²) in [5, 5.41) is 14.0. The predicted molar refractivity (Wildman–Crippen MR) is 178 cm³/mol. The van der Waals surface area contributed by atoms with Crippen molar-refractivity contribution in [1.82, 2.24) is 0 Å². The molecule has 0 aliphatic heterocycles. The summed E-state index contributed by atoms with van der Waals surface area (Å²) in [4.78, 5) is 24.3. The maximum atomic E-state index is 11.6. The second-order valence-electron chi connectivity index (χ2n) is 9.64. The number of carbonyl (C=O) groups is 1. The number of non-ortho nitro benzene ring substituents is 1. The first-order chi connectivity index (χ1) is 25.1. The van der Waals surface area contributed by atoms with E-state index in [1.54, 1.807) is 0 Å². The molecule has 292 valence electrons. The largest absolute Gasteiger partial charge is 0.513 e. The van der Waals surface area contributed by atoms with Crippen LogP contribution in [0.5, 0.6) is 5.75 Å². The molecule has 0 aromatic heterocycles. The van der Waals surface area contributed by atoms with Gasteiger partial charge in [0.1, 0.15) is 12.4 Å². The molecule has 0 radical (unpaired) electrons. The van der Waals surface area contributed by atoms with Gasteiger partial charge in [-0.25, -0.2) is 4.79 Å². The SMILES string of the molecule is [N-]=[N+]=NCCOCCOCCOCCOCCOCCOCCOCCOCCOCCOCCOCCOC(=O)Oc1ccc([N+](=O)[O-])cc1. The summed E-state index contributed by atoms with van der Waals surface area (Å²) in [5.74, 6) is 0.137. The second-order valence-corrected chi connectivity index (χ2v) is 9.64. The predicted octanol–water partition coefficient (Wildman–Crippen LogP) is 2.60. The summed E-state index contributed by atoms with van der Waals surface area (Å²) in [6.45, 7) is 9.75. The number of ether oxygens (including phenoxy) is 13. The van der Waals surface area contributed by atoms with Crippen molar-refractivity contribution >= 4 is 11.8 Å². The van der Waals surface area contributed by atoms with Crippen molar-refractivity contribution in [2.24, 2.45) is 5.11 Å². The number of benzene rings is 1. The van der Waals surface area contributed by atoms with Crippen LogP contribution in [0.4, 0.5) is 10.5 Å². The molecule has 20 heteroatoms. The molecule has 1 rings (SSSR count). The highest BCUT2D eigenvalue weighted by atomic mass is 16.7. The van der Waals surface area contributed by atoms with E-state index < -0.39 is 11.1 Å². The molecule has 1 aromatic rings. The average molecular weight is 737 g/mol. The molecule has 1 aromatic carbocycles. The molecule has 0 saturated carbocycles. The van der Waals surface area contributed by atoms with Gasteiger partial charge in [0.2, 0.25) is 0 Å². The van der Waals surface area contributed by atoms with Crippen molar-refractivity contribution in [3.8, 4) is 5.75 Å². The standard InChI is InChI=1S/C31H52N4O16/c32-34-33-5-6-39-7-8-40-9-10-41-11-12-42-13-14-43-15-16-44-17-18-45-19-20-46-21-22-47-23-24-48-25-26-49-27-28-50-31(36)51-30-3-1-29(2-4-30)35(37)38/h1-4H,5-28H2. The molecule has 0 aliphatic carbocycles. The lowest BCUT2D eigenvalue weighted by Gasteiger charge is -2.09. The van der Waals surface area contributed by atoms with Gasteiger partial charge < -0.3 is 61.6 Å². The van der Waals surface area contributed by atoms with Crippen LogP contribution in [0, 0.1) is 10.1 Å². The summed E-state index contributed by atoms with van der Waals surface area (Å²) in [6.07, 6.45) is -0.931. The third-order valence-electron chi connectivity index (χ3n) is 5.82. The first-order valence-corrected chi connectivity index (χ1v) is 16.6. The van der Waals surface area contributed by atoms with E-state index in [-0.39, 0.29) is 24.7 Å². The van der Waals surface area contributed by atoms with Crippen LogP contribution in [0.2, 0.25) is 0 Å². The first kappa shape index (κ1) is 45.8. The first-order valence-electron chi connectivity index (χ1n) is 16.6. The molecule has 51 heavy (non-hydrogen) atoms. The lowest BCUT2D eigenvalue weighted by atomic mass is 10.3. The van der Waals surface area contributed by atoms with Gasteiger partial charge in [-0.2, -0.15) is 0 Å². The maximum Gasteiger partial charge on any atom is 0.513 e. The molecule has 0 aliphatic rings. The Kier molecular flexibility index (Phi) is 32.8. The number of nitro benzene ring substituents is 1. The van der Waals surface area contributed by atoms with Gasteiger partial charge in [-0.15, -0.1) is 0 Å². The minimum atomic E-state index is -0.931. The zero-order valence-electron chi connectivity index (χ0n) is 29.1. The van der Waals surface area contributed by atoms with E-state index in [2.05, 4.69) is 10.0 Å². The highest BCUT2D eigenvalue weighted by molar-refractivity contribution is 5.63. The van der Waals surface area contributed by atoms with Crippen molar-refractivity contribution in [3.63, 3.8) is 0 Å². The molecule has 20 nitrogen and oxygen atoms in total. The van der Waals surface area contributed by atoms with E-state index >= 15 is 0 Å². The summed E-state index contributed by atoms with van der Waals surface area (Å²) >= 11 is 0. The number of hydrogen-bond donors (Lipinski definition) is 0. The molecule has 0 N–H and O–H groups in total. The third kappa shape index (κ3) is 32.4. The third-order valence-corrected chi connectivity index (χ3v) is 5.82. The van der Waals surface area contributed by atoms with Gasteiger partial charge in [0.05, 0.1) is 150 Å². The molecule has 0 amide bonds. The van der Waals surface area contributed by atoms with Crippen LogP contribution in [0.3, 0.4) is 0 Å². The average Bonchev–Trinajstić information content (AvgIpc) is 3.13. The van der Waals surface area contributed by atoms with Crippen LogP contribution >= 0.6 is 0 Å². The van der Waals surface area contributed by atoms with Gasteiger partial charge in [-0.05, 0) is 17.7 Å². The van der Waals surface area contributed by atoms with Crippen molar-refractivity contribution in [2.75, 3.05) is 159 Å². The Balaban J connectivity index is 1.67. The van der Waals surface area contributed by atoms with Crippen molar-refractivity contribution in [1.29, 1.82) is 0 Å². The Morgan fingerprint density at radius 3 is 1.12 bits per heavy atom. The van der Waals surface area contributed by atoms with Crippen LogP contribution in [-0.2, 0) is 56.8 Å². The van der Waals surface area contributed by atoms with Gasteiger partial charge in [0.25, 0.3) is 5.69 Å². The van der Waals surface area contributed by atoms with E-state index in [4.69, 9.17) is 67.1 Å². The number of azide groups is 1. The van der Waals surface area contributed by atoms with Gasteiger partial charge in [0, 0.05) is 23.6 Å². The fraction of sp³-hybridized carbons (Fsp3) is 0.774. The molecule has 0 heterocycles. The molecule has 0 spiro atoms. The van der Waals surface area contributed by atoms with Crippen molar-refractivity contribution < 1.29 is 71.3 Å². The monoisotopic (exact) mass is 736 g/mol. The quantitative estimate of drug-likeness (QED) is 0.0139. The molecule has 0 atom stereocenters. The van der Waals surface area contributed by atoms with E-state index in [9.17, 15) is 14.9 Å². The van der Waals surface area contributed by atoms with E-state index in [0.717, 1.165) is 0 Å². The Morgan fingerprint density at radius 1 is 0.529 bits per heavy atom. The highest BCUT2D eigenvalue weighted by Crippen LogP contribution is 2.17. The lowest BCUT2D eigenvalue weighted by Crippen LogP contribution is -2.16. The fourth-order valence-corrected chi connectivity index (χ4v) is 3.40. The summed E-state index contributed by atoms with van der Waals surface area (Å²) < 4.78 is 69.1. The van der Waals surface area contributed by atoms with Crippen LogP contribution in [0.15, 0.2) is 29.4 Å². The zero-order chi connectivity index (χ0) is 36.7. The summed E-state index contributed by atoms with van der Waals surface area (Å²) in [7, 11) is 0. The lowest BCUT2D eigenvalue weighted by molar-refractivity contribution is -0.384. The van der Waals surface area contributed by atoms with Crippen molar-refractivity contribution in [3.05, 3.63) is 44.8 Å². The zero-order valence-corrected chi connectivity index (χ0v) is 29.1. The van der Waals surface area contributed by atoms with Crippen LogP contribution in [0.25, 0.3) is 10.4 Å². The second kappa shape index (κ2) is 36.5. The minimum Gasteiger partial charge on any atom is -0.432 e. The Labute approximate surface area is 297 Å². The summed E-state index contributed by atoms with van der Waals surface area (Å²) in [5.41, 5.74) is 8.03. The Bertz CT molecular complexity index is 1000. The Morgan fingerprint density at radius 2 is 0.824 bits per heavy atom. The molecule has 0 saturated heterocycles. The maximum absolute atomic E-state index is 11.6. The van der Waals surface area contributed by atoms with Crippen molar-refractivity contribution in [2.45, 2.75) is 0 Å². The van der Waals surface area contributed by atoms with Gasteiger partial charge in [-0.3, -0.25) is 10.1 Å². The molecule has 0 bridgehead atoms. The number of nitrogens with zero attached hydrogens (tertiary/aromatic N) is 4. The topological polar surface area (TPSA) is 229 Å². The number of rotatable bonds is 38. The van der Waals surface area contributed by atoms with Crippen LogP contribution < -0.4 is 4.74 Å².